The lowest BCUT2D eigenvalue weighted by molar-refractivity contribution is 0.422. The highest BCUT2D eigenvalue weighted by molar-refractivity contribution is 6.18. The number of aromatic hydroxyl groups is 2. The molecule has 0 aliphatic carbocycles. The second kappa shape index (κ2) is 11.0. The maximum absolute atomic E-state index is 11.1. The summed E-state index contributed by atoms with van der Waals surface area (Å²) in [7, 11) is 0. The van der Waals surface area contributed by atoms with Gasteiger partial charge in [0.05, 0.1) is 0 Å². The minimum Gasteiger partial charge on any atom is -0.507 e. The molecule has 2 N–H and O–H groups in total. The maximum Gasteiger partial charge on any atom is 0.123 e. The lowest BCUT2D eigenvalue weighted by Crippen LogP contribution is -2.19. The van der Waals surface area contributed by atoms with Crippen molar-refractivity contribution in [2.45, 2.75) is 111 Å². The van der Waals surface area contributed by atoms with Crippen LogP contribution in [0.15, 0.2) is 36.9 Å². The number of phenolic OH excluding ortho intramolecular Hbond substituents is 2. The number of hydrogen-bond acceptors (Lipinski definition) is 2. The fraction of sp³-hybridized carbons (Fsp3) is 0.562. The number of phenols is 2. The van der Waals surface area contributed by atoms with Crippen LogP contribution in [0, 0.1) is 0 Å². The molecule has 2 nitrogen and oxygen atoms in total. The van der Waals surface area contributed by atoms with Crippen LogP contribution in [0.1, 0.15) is 116 Å². The largest absolute Gasteiger partial charge is 0.507 e. The zero-order valence-corrected chi connectivity index (χ0v) is 25.0. The lowest BCUT2D eigenvalue weighted by atomic mass is 9.76. The van der Waals surface area contributed by atoms with E-state index in [1.54, 1.807) is 6.08 Å². The van der Waals surface area contributed by atoms with Gasteiger partial charge < -0.3 is 10.2 Å². The average molecular weight is 501 g/mol. The summed E-state index contributed by atoms with van der Waals surface area (Å²) in [5.41, 5.74) is 5.73. The van der Waals surface area contributed by atoms with Crippen molar-refractivity contribution in [3.05, 3.63) is 70.3 Å². The van der Waals surface area contributed by atoms with Gasteiger partial charge in [0.25, 0.3) is 0 Å². The summed E-state index contributed by atoms with van der Waals surface area (Å²) in [5, 5.41) is 22.1. The van der Waals surface area contributed by atoms with Gasteiger partial charge in [-0.25, -0.2) is 0 Å². The summed E-state index contributed by atoms with van der Waals surface area (Å²) in [5.74, 6) is 1.39. The zero-order chi connectivity index (χ0) is 27.6. The first-order valence-electron chi connectivity index (χ1n) is 12.5. The van der Waals surface area contributed by atoms with Crippen molar-refractivity contribution in [1.29, 1.82) is 0 Å². The van der Waals surface area contributed by atoms with E-state index >= 15 is 0 Å². The van der Waals surface area contributed by atoms with Crippen LogP contribution in [0.4, 0.5) is 0 Å². The van der Waals surface area contributed by atoms with Crippen LogP contribution in [0.2, 0.25) is 0 Å². The predicted molar refractivity (Wildman–Crippen MR) is 155 cm³/mol. The van der Waals surface area contributed by atoms with Crippen LogP contribution in [0.3, 0.4) is 0 Å². The molecular formula is C32H49ClO2. The summed E-state index contributed by atoms with van der Waals surface area (Å²) in [6.45, 7) is 29.1. The van der Waals surface area contributed by atoms with E-state index in [0.29, 0.717) is 17.4 Å². The Kier molecular flexibility index (Phi) is 9.77. The first kappa shape index (κ1) is 31.1. The van der Waals surface area contributed by atoms with E-state index in [-0.39, 0.29) is 21.7 Å². The van der Waals surface area contributed by atoms with E-state index in [1.165, 1.54) is 11.1 Å². The van der Waals surface area contributed by atoms with Crippen molar-refractivity contribution in [1.82, 2.24) is 0 Å². The van der Waals surface area contributed by atoms with Gasteiger partial charge in [-0.3, -0.25) is 0 Å². The molecule has 35 heavy (non-hydrogen) atoms. The summed E-state index contributed by atoms with van der Waals surface area (Å²) in [6.07, 6.45) is 2.40. The molecule has 0 saturated carbocycles. The van der Waals surface area contributed by atoms with Crippen LogP contribution in [-0.2, 0) is 28.1 Å². The van der Waals surface area contributed by atoms with Crippen molar-refractivity contribution >= 4 is 11.6 Å². The van der Waals surface area contributed by atoms with Crippen molar-refractivity contribution in [2.24, 2.45) is 0 Å². The highest BCUT2D eigenvalue weighted by Crippen LogP contribution is 2.42. The van der Waals surface area contributed by atoms with E-state index < -0.39 is 0 Å². The SMILES string of the molecule is C=CCCl.CC(C)(C)c1cc(Cc2cc(C(C)(C)C)c(O)c(C(C)(C)C)c2)cc(C(C)(C)C)c1O. The Morgan fingerprint density at radius 1 is 0.600 bits per heavy atom. The topological polar surface area (TPSA) is 40.5 Å². The molecule has 2 aromatic rings. The molecule has 0 aliphatic rings. The van der Waals surface area contributed by atoms with E-state index in [1.807, 2.05) is 0 Å². The van der Waals surface area contributed by atoms with Gasteiger partial charge >= 0.3 is 0 Å². The quantitative estimate of drug-likeness (QED) is 0.325. The van der Waals surface area contributed by atoms with E-state index in [0.717, 1.165) is 28.7 Å². The third-order valence-corrected chi connectivity index (χ3v) is 6.31. The van der Waals surface area contributed by atoms with Crippen molar-refractivity contribution in [3.63, 3.8) is 0 Å². The third kappa shape index (κ3) is 8.31. The molecule has 0 atom stereocenters. The number of halogens is 1. The first-order valence-corrected chi connectivity index (χ1v) is 13.1. The number of alkyl halides is 1. The fourth-order valence-electron chi connectivity index (χ4n) is 4.12. The molecule has 196 valence electrons. The van der Waals surface area contributed by atoms with Gasteiger partial charge in [-0.05, 0) is 61.5 Å². The Morgan fingerprint density at radius 2 is 0.800 bits per heavy atom. The number of benzene rings is 2. The van der Waals surface area contributed by atoms with Crippen molar-refractivity contribution in [2.75, 3.05) is 5.88 Å². The zero-order valence-electron chi connectivity index (χ0n) is 24.3. The molecule has 0 aromatic heterocycles. The van der Waals surface area contributed by atoms with Gasteiger partial charge in [-0.2, -0.15) is 0 Å². The lowest BCUT2D eigenvalue weighted by Gasteiger charge is -2.29. The highest BCUT2D eigenvalue weighted by Gasteiger charge is 2.28. The van der Waals surface area contributed by atoms with E-state index in [2.05, 4.69) is 114 Å². The van der Waals surface area contributed by atoms with Crippen LogP contribution in [0.25, 0.3) is 0 Å². The second-order valence-electron chi connectivity index (χ2n) is 13.7. The molecule has 0 fully saturated rings. The molecule has 3 heteroatoms. The molecule has 2 rings (SSSR count). The number of rotatable bonds is 3. The predicted octanol–water partition coefficient (Wildman–Crippen LogP) is 9.29. The summed E-state index contributed by atoms with van der Waals surface area (Å²) in [4.78, 5) is 0. The third-order valence-electron chi connectivity index (χ3n) is 6.09. The summed E-state index contributed by atoms with van der Waals surface area (Å²) < 4.78 is 0. The Labute approximate surface area is 220 Å². The summed E-state index contributed by atoms with van der Waals surface area (Å²) >= 11 is 5.07. The van der Waals surface area contributed by atoms with Crippen LogP contribution >= 0.6 is 11.6 Å². The normalized spacial score (nSPS) is 12.7. The molecule has 0 amide bonds. The smallest absolute Gasteiger partial charge is 0.123 e. The van der Waals surface area contributed by atoms with Crippen LogP contribution in [-0.4, -0.2) is 16.1 Å². The minimum absolute atomic E-state index is 0.151. The van der Waals surface area contributed by atoms with Gasteiger partial charge in [0.1, 0.15) is 11.5 Å². The molecule has 0 bridgehead atoms. The number of allylic oxidation sites excluding steroid dienone is 1. The molecule has 0 unspecified atom stereocenters. The van der Waals surface area contributed by atoms with Crippen molar-refractivity contribution < 1.29 is 10.2 Å². The molecule has 0 radical (unpaired) electrons. The molecule has 0 saturated heterocycles. The Morgan fingerprint density at radius 3 is 0.943 bits per heavy atom. The fourth-order valence-corrected chi connectivity index (χ4v) is 4.12. The molecule has 0 spiro atoms. The van der Waals surface area contributed by atoms with Gasteiger partial charge in [0.15, 0.2) is 0 Å². The molecule has 0 aliphatic heterocycles. The molecular weight excluding hydrogens is 452 g/mol. The maximum atomic E-state index is 11.1. The average Bonchev–Trinajstić information content (AvgIpc) is 2.67. The minimum atomic E-state index is -0.151. The Hall–Kier alpha value is -1.93. The van der Waals surface area contributed by atoms with E-state index in [9.17, 15) is 10.2 Å². The number of hydrogen-bond donors (Lipinski definition) is 2. The Balaban J connectivity index is 0.00000142. The first-order chi connectivity index (χ1) is 15.6. The van der Waals surface area contributed by atoms with E-state index in [4.69, 9.17) is 11.6 Å². The molecule has 2 aromatic carbocycles. The second-order valence-corrected chi connectivity index (χ2v) is 14.0. The van der Waals surface area contributed by atoms with Gasteiger partial charge in [-0.1, -0.05) is 113 Å². The van der Waals surface area contributed by atoms with Crippen LogP contribution in [0.5, 0.6) is 11.5 Å². The van der Waals surface area contributed by atoms with Crippen LogP contribution < -0.4 is 0 Å². The highest BCUT2D eigenvalue weighted by atomic mass is 35.5. The van der Waals surface area contributed by atoms with Gasteiger partial charge in [0, 0.05) is 5.88 Å². The van der Waals surface area contributed by atoms with Gasteiger partial charge in [0.2, 0.25) is 0 Å². The van der Waals surface area contributed by atoms with Crippen molar-refractivity contribution in [3.8, 4) is 11.5 Å². The monoisotopic (exact) mass is 500 g/mol. The Bertz CT molecular complexity index is 870. The standard InChI is InChI=1S/C29H44O2.C3H5Cl/c1-26(2,3)20-14-18(15-21(24(20)30)27(4,5)6)13-19-16-22(28(7,8)9)25(31)23(17-19)29(10,11)12;1-2-3-4/h14-17,30-31H,13H2,1-12H3;2H,1,3H2. The molecule has 0 heterocycles. The summed E-state index contributed by atoms with van der Waals surface area (Å²) in [6, 6.07) is 8.63. The van der Waals surface area contributed by atoms with Gasteiger partial charge in [-0.15, -0.1) is 18.2 Å².